The molecule has 5 aliphatic rings. The van der Waals surface area contributed by atoms with Crippen molar-refractivity contribution in [3.63, 3.8) is 0 Å². The van der Waals surface area contributed by atoms with Crippen LogP contribution in [0, 0.1) is 11.8 Å². The summed E-state index contributed by atoms with van der Waals surface area (Å²) in [5.74, 6) is 0.260. The van der Waals surface area contributed by atoms with E-state index in [9.17, 15) is 4.79 Å². The second kappa shape index (κ2) is 5.65. The number of hydrogen-bond acceptors (Lipinski definition) is 6. The maximum atomic E-state index is 12.3. The molecular formula is C19H28O6. The van der Waals surface area contributed by atoms with Crippen molar-refractivity contribution >= 4 is 5.97 Å². The Balaban J connectivity index is 1.06. The molecule has 0 aromatic rings. The maximum absolute atomic E-state index is 12.3. The minimum atomic E-state index is -0.173. The van der Waals surface area contributed by atoms with Crippen LogP contribution in [0.1, 0.15) is 52.4 Å². The van der Waals surface area contributed by atoms with E-state index in [1.54, 1.807) is 0 Å². The van der Waals surface area contributed by atoms with Crippen molar-refractivity contribution in [3.8, 4) is 0 Å². The number of ether oxygens (including phenoxy) is 5. The number of carbonyl (C=O) groups is 1. The smallest absolute Gasteiger partial charge is 0.309 e. The normalized spacial score (nSPS) is 53.7. The van der Waals surface area contributed by atoms with Crippen LogP contribution in [-0.2, 0) is 28.5 Å². The Morgan fingerprint density at radius 3 is 2.52 bits per heavy atom. The fraction of sp³-hybridized carbons (Fsp3) is 0.947. The van der Waals surface area contributed by atoms with Gasteiger partial charge < -0.3 is 23.7 Å². The van der Waals surface area contributed by atoms with Crippen LogP contribution in [0.4, 0.5) is 0 Å². The summed E-state index contributed by atoms with van der Waals surface area (Å²) < 4.78 is 28.8. The molecule has 0 N–H and O–H groups in total. The third kappa shape index (κ3) is 3.01. The van der Waals surface area contributed by atoms with Gasteiger partial charge in [0.2, 0.25) is 0 Å². The summed E-state index contributed by atoms with van der Waals surface area (Å²) in [5.41, 5.74) is 0.152. The molecule has 0 aromatic heterocycles. The van der Waals surface area contributed by atoms with Gasteiger partial charge in [0, 0.05) is 5.92 Å². The molecule has 0 spiro atoms. The average molecular weight is 352 g/mol. The monoisotopic (exact) mass is 352 g/mol. The van der Waals surface area contributed by atoms with Crippen molar-refractivity contribution in [2.45, 2.75) is 88.2 Å². The van der Waals surface area contributed by atoms with Crippen LogP contribution in [0.25, 0.3) is 0 Å². The predicted molar refractivity (Wildman–Crippen MR) is 86.8 cm³/mol. The Morgan fingerprint density at radius 1 is 1.08 bits per heavy atom. The number of hydrogen-bond donors (Lipinski definition) is 0. The Labute approximate surface area is 148 Å². The zero-order valence-corrected chi connectivity index (χ0v) is 15.1. The fourth-order valence-electron chi connectivity index (χ4n) is 4.88. The Hall–Kier alpha value is -0.690. The van der Waals surface area contributed by atoms with Crippen molar-refractivity contribution in [2.24, 2.45) is 11.8 Å². The van der Waals surface area contributed by atoms with Crippen molar-refractivity contribution in [1.82, 2.24) is 0 Å². The highest BCUT2D eigenvalue weighted by Crippen LogP contribution is 2.51. The van der Waals surface area contributed by atoms with E-state index in [4.69, 9.17) is 23.7 Å². The first-order valence-corrected chi connectivity index (χ1v) is 9.74. The lowest BCUT2D eigenvalue weighted by atomic mass is 9.82. The van der Waals surface area contributed by atoms with Gasteiger partial charge in [-0.15, -0.1) is 0 Å². The third-order valence-corrected chi connectivity index (χ3v) is 6.99. The summed E-state index contributed by atoms with van der Waals surface area (Å²) in [6.07, 6.45) is 6.07. The SMILES string of the molecule is CC12CCC(C(=O)OCC3COC(C4CCC5(C)OC5C4)O3)CC1O2. The van der Waals surface area contributed by atoms with E-state index in [-0.39, 0.29) is 41.6 Å². The van der Waals surface area contributed by atoms with Gasteiger partial charge in [-0.3, -0.25) is 4.79 Å². The first-order valence-electron chi connectivity index (χ1n) is 9.74. The van der Waals surface area contributed by atoms with Crippen molar-refractivity contribution in [3.05, 3.63) is 0 Å². The molecule has 0 amide bonds. The van der Waals surface area contributed by atoms with Crippen LogP contribution in [-0.4, -0.2) is 55.0 Å². The number of rotatable bonds is 4. The van der Waals surface area contributed by atoms with Crippen molar-refractivity contribution < 1.29 is 28.5 Å². The molecule has 3 saturated heterocycles. The first kappa shape index (κ1) is 16.5. The van der Waals surface area contributed by atoms with E-state index in [2.05, 4.69) is 13.8 Å². The quantitative estimate of drug-likeness (QED) is 0.571. The lowest BCUT2D eigenvalue weighted by Crippen LogP contribution is -2.32. The van der Waals surface area contributed by atoms with Crippen LogP contribution >= 0.6 is 0 Å². The molecule has 5 rings (SSSR count). The molecule has 8 unspecified atom stereocenters. The lowest BCUT2D eigenvalue weighted by Gasteiger charge is -2.26. The topological polar surface area (TPSA) is 69.8 Å². The van der Waals surface area contributed by atoms with E-state index in [0.717, 1.165) is 38.5 Å². The van der Waals surface area contributed by atoms with E-state index in [0.29, 0.717) is 25.2 Å². The zero-order chi connectivity index (χ0) is 17.2. The largest absolute Gasteiger partial charge is 0.463 e. The summed E-state index contributed by atoms with van der Waals surface area (Å²) in [6.45, 7) is 5.11. The summed E-state index contributed by atoms with van der Waals surface area (Å²) in [4.78, 5) is 12.3. The molecule has 6 nitrogen and oxygen atoms in total. The molecule has 8 atom stereocenters. The minimum Gasteiger partial charge on any atom is -0.463 e. The molecule has 5 fully saturated rings. The van der Waals surface area contributed by atoms with Crippen molar-refractivity contribution in [2.75, 3.05) is 13.2 Å². The highest BCUT2D eigenvalue weighted by molar-refractivity contribution is 5.72. The van der Waals surface area contributed by atoms with Gasteiger partial charge in [0.05, 0.1) is 35.9 Å². The van der Waals surface area contributed by atoms with Gasteiger partial charge >= 0.3 is 5.97 Å². The van der Waals surface area contributed by atoms with Gasteiger partial charge in [0.25, 0.3) is 0 Å². The molecule has 2 saturated carbocycles. The van der Waals surface area contributed by atoms with E-state index < -0.39 is 0 Å². The standard InChI is InChI=1S/C19H28O6/c1-18-5-3-11(7-14(18)24-18)16(20)21-9-13-10-22-17(23-13)12-4-6-19(2)15(8-12)25-19/h11-15,17H,3-10H2,1-2H3. The number of fused-ring (bicyclic) bond motifs is 2. The molecule has 25 heavy (non-hydrogen) atoms. The Bertz CT molecular complexity index is 566. The molecule has 0 aromatic carbocycles. The van der Waals surface area contributed by atoms with Gasteiger partial charge in [0.15, 0.2) is 6.29 Å². The van der Waals surface area contributed by atoms with E-state index >= 15 is 0 Å². The number of carbonyl (C=O) groups excluding carboxylic acids is 1. The van der Waals surface area contributed by atoms with Crippen LogP contribution < -0.4 is 0 Å². The van der Waals surface area contributed by atoms with Crippen molar-refractivity contribution in [1.29, 1.82) is 0 Å². The second-order valence-electron chi connectivity index (χ2n) is 8.93. The molecule has 3 heterocycles. The van der Waals surface area contributed by atoms with Crippen LogP contribution in [0.3, 0.4) is 0 Å². The fourth-order valence-corrected chi connectivity index (χ4v) is 4.88. The van der Waals surface area contributed by atoms with Gasteiger partial charge in [0.1, 0.15) is 12.7 Å². The second-order valence-corrected chi connectivity index (χ2v) is 8.93. The van der Waals surface area contributed by atoms with Gasteiger partial charge in [-0.1, -0.05) is 0 Å². The summed E-state index contributed by atoms with van der Waals surface area (Å²) in [5, 5.41) is 0. The summed E-state index contributed by atoms with van der Waals surface area (Å²) >= 11 is 0. The van der Waals surface area contributed by atoms with E-state index in [1.165, 1.54) is 0 Å². The number of esters is 1. The molecule has 6 heteroatoms. The third-order valence-electron chi connectivity index (χ3n) is 6.99. The molecule has 140 valence electrons. The lowest BCUT2D eigenvalue weighted by molar-refractivity contribution is -0.155. The van der Waals surface area contributed by atoms with Gasteiger partial charge in [-0.25, -0.2) is 0 Å². The highest BCUT2D eigenvalue weighted by atomic mass is 16.7. The minimum absolute atomic E-state index is 0.0262. The van der Waals surface area contributed by atoms with Crippen LogP contribution in [0.5, 0.6) is 0 Å². The summed E-state index contributed by atoms with van der Waals surface area (Å²) in [7, 11) is 0. The zero-order valence-electron chi connectivity index (χ0n) is 15.1. The molecular weight excluding hydrogens is 324 g/mol. The predicted octanol–water partition coefficient (Wildman–Crippen LogP) is 2.19. The maximum Gasteiger partial charge on any atom is 0.309 e. The average Bonchev–Trinajstić information content (AvgIpc) is 3.39. The van der Waals surface area contributed by atoms with Crippen LogP contribution in [0.2, 0.25) is 0 Å². The first-order chi connectivity index (χ1) is 12.0. The molecule has 0 radical (unpaired) electrons. The molecule has 2 aliphatic carbocycles. The Morgan fingerprint density at radius 2 is 1.80 bits per heavy atom. The van der Waals surface area contributed by atoms with Gasteiger partial charge in [-0.2, -0.15) is 0 Å². The Kier molecular flexibility index (Phi) is 3.73. The highest BCUT2D eigenvalue weighted by Gasteiger charge is 2.57. The molecule has 3 aliphatic heterocycles. The number of epoxide rings is 2. The van der Waals surface area contributed by atoms with Crippen LogP contribution in [0.15, 0.2) is 0 Å². The summed E-state index contributed by atoms with van der Waals surface area (Å²) in [6, 6.07) is 0. The molecule has 0 bridgehead atoms. The van der Waals surface area contributed by atoms with Gasteiger partial charge in [-0.05, 0) is 52.4 Å². The van der Waals surface area contributed by atoms with E-state index in [1.807, 2.05) is 0 Å².